The predicted octanol–water partition coefficient (Wildman–Crippen LogP) is 5.02. The number of nitrogens with zero attached hydrogens (tertiary/aromatic N) is 1. The molecule has 1 aliphatic heterocycles. The van der Waals surface area contributed by atoms with Gasteiger partial charge in [0.15, 0.2) is 0 Å². The maximum Gasteiger partial charge on any atom is 0.0691 e. The van der Waals surface area contributed by atoms with Gasteiger partial charge in [-0.25, -0.2) is 0 Å². The molecule has 1 fully saturated rings. The van der Waals surface area contributed by atoms with E-state index in [9.17, 15) is 5.11 Å². The lowest BCUT2D eigenvalue weighted by Crippen LogP contribution is -2.48. The van der Waals surface area contributed by atoms with Crippen LogP contribution in [0.15, 0.2) is 5.16 Å². The van der Waals surface area contributed by atoms with Crippen molar-refractivity contribution in [3.8, 4) is 0 Å². The summed E-state index contributed by atoms with van der Waals surface area (Å²) in [6, 6.07) is 0.895. The molecule has 0 saturated carbocycles. The molecule has 0 spiro atoms. The molecule has 142 valence electrons. The summed E-state index contributed by atoms with van der Waals surface area (Å²) >= 11 is 0. The first-order valence-corrected chi connectivity index (χ1v) is 10.2. The monoisotopic (exact) mass is 340 g/mol. The third kappa shape index (κ3) is 10.3. The Labute approximate surface area is 149 Å². The summed E-state index contributed by atoms with van der Waals surface area (Å²) in [5, 5.41) is 25.0. The van der Waals surface area contributed by atoms with Crippen LogP contribution < -0.4 is 5.32 Å². The highest BCUT2D eigenvalue weighted by Crippen LogP contribution is 2.18. The lowest BCUT2D eigenvalue weighted by Gasteiger charge is -2.32. The molecule has 1 aliphatic rings. The molecule has 0 bridgehead atoms. The fourth-order valence-electron chi connectivity index (χ4n) is 3.65. The number of hydrogen-bond acceptors (Lipinski definition) is 4. The van der Waals surface area contributed by atoms with Gasteiger partial charge in [0.1, 0.15) is 0 Å². The second kappa shape index (κ2) is 13.7. The van der Waals surface area contributed by atoms with Crippen molar-refractivity contribution in [3.05, 3.63) is 0 Å². The van der Waals surface area contributed by atoms with Gasteiger partial charge in [0.2, 0.25) is 0 Å². The lowest BCUT2D eigenvalue weighted by atomic mass is 9.93. The van der Waals surface area contributed by atoms with Crippen molar-refractivity contribution < 1.29 is 10.3 Å². The fraction of sp³-hybridized carbons (Fsp3) is 0.950. The van der Waals surface area contributed by atoms with Crippen molar-refractivity contribution in [2.24, 2.45) is 5.16 Å². The summed E-state index contributed by atoms with van der Waals surface area (Å²) in [7, 11) is 0. The second-order valence-electron chi connectivity index (χ2n) is 7.71. The summed E-state index contributed by atoms with van der Waals surface area (Å²) in [6.45, 7) is 3.98. The van der Waals surface area contributed by atoms with Crippen molar-refractivity contribution in [2.75, 3.05) is 0 Å². The Morgan fingerprint density at radius 3 is 2.00 bits per heavy atom. The molecule has 3 N–H and O–H groups in total. The standard InChI is InChI=1S/C20H40N2O2/c1-17(22-24)13-11-9-7-5-3-4-6-8-10-12-14-19-15-16-20(23)18(2)21-19/h18-21,23-24H,3-16H2,1-2H3. The van der Waals surface area contributed by atoms with Gasteiger partial charge in [0.05, 0.1) is 11.8 Å². The first-order chi connectivity index (χ1) is 11.6. The minimum Gasteiger partial charge on any atom is -0.411 e. The fourth-order valence-corrected chi connectivity index (χ4v) is 3.65. The topological polar surface area (TPSA) is 64.8 Å². The number of aliphatic hydroxyl groups is 1. The Morgan fingerprint density at radius 1 is 0.917 bits per heavy atom. The minimum atomic E-state index is -0.145. The highest BCUT2D eigenvalue weighted by molar-refractivity contribution is 5.81. The number of hydrogen-bond donors (Lipinski definition) is 3. The highest BCUT2D eigenvalue weighted by atomic mass is 16.4. The van der Waals surface area contributed by atoms with Crippen molar-refractivity contribution in [3.63, 3.8) is 0 Å². The number of unbranched alkanes of at least 4 members (excludes halogenated alkanes) is 9. The zero-order valence-electron chi connectivity index (χ0n) is 16.0. The van der Waals surface area contributed by atoms with E-state index in [0.29, 0.717) is 6.04 Å². The van der Waals surface area contributed by atoms with E-state index >= 15 is 0 Å². The van der Waals surface area contributed by atoms with Crippen LogP contribution in [-0.4, -0.2) is 34.2 Å². The van der Waals surface area contributed by atoms with Crippen LogP contribution >= 0.6 is 0 Å². The largest absolute Gasteiger partial charge is 0.411 e. The summed E-state index contributed by atoms with van der Waals surface area (Å²) in [5.74, 6) is 0. The van der Waals surface area contributed by atoms with E-state index in [-0.39, 0.29) is 12.1 Å². The van der Waals surface area contributed by atoms with Gasteiger partial charge in [-0.3, -0.25) is 0 Å². The van der Waals surface area contributed by atoms with E-state index in [2.05, 4.69) is 17.4 Å². The van der Waals surface area contributed by atoms with Crippen LogP contribution in [0.1, 0.15) is 104 Å². The van der Waals surface area contributed by atoms with Gasteiger partial charge in [0.25, 0.3) is 0 Å². The average molecular weight is 341 g/mol. The number of oxime groups is 1. The van der Waals surface area contributed by atoms with E-state index in [1.54, 1.807) is 0 Å². The molecule has 1 heterocycles. The van der Waals surface area contributed by atoms with E-state index in [1.807, 2.05) is 6.92 Å². The van der Waals surface area contributed by atoms with Crippen LogP contribution in [-0.2, 0) is 0 Å². The van der Waals surface area contributed by atoms with Crippen LogP contribution in [0.4, 0.5) is 0 Å². The average Bonchev–Trinajstić information content (AvgIpc) is 2.58. The van der Waals surface area contributed by atoms with Crippen LogP contribution in [0, 0.1) is 0 Å². The highest BCUT2D eigenvalue weighted by Gasteiger charge is 2.24. The van der Waals surface area contributed by atoms with E-state index < -0.39 is 0 Å². The normalized spacial score (nSPS) is 25.1. The van der Waals surface area contributed by atoms with E-state index in [4.69, 9.17) is 5.21 Å². The van der Waals surface area contributed by atoms with Gasteiger partial charge in [-0.15, -0.1) is 0 Å². The third-order valence-corrected chi connectivity index (χ3v) is 5.40. The molecule has 0 amide bonds. The number of nitrogens with one attached hydrogen (secondary N) is 1. The Hall–Kier alpha value is -0.610. The summed E-state index contributed by atoms with van der Waals surface area (Å²) in [5.41, 5.74) is 0.851. The van der Waals surface area contributed by atoms with Crippen LogP contribution in [0.2, 0.25) is 0 Å². The van der Waals surface area contributed by atoms with E-state index in [0.717, 1.165) is 31.4 Å². The molecule has 4 nitrogen and oxygen atoms in total. The summed E-state index contributed by atoms with van der Waals surface area (Å²) in [4.78, 5) is 0. The maximum atomic E-state index is 9.71. The van der Waals surface area contributed by atoms with Gasteiger partial charge in [0, 0.05) is 12.1 Å². The molecule has 0 aromatic carbocycles. The SMILES string of the molecule is CC(CCCCCCCCCCCCC1CCC(O)C(C)N1)=NO. The Bertz CT molecular complexity index is 334. The van der Waals surface area contributed by atoms with Crippen molar-refractivity contribution in [2.45, 2.75) is 122 Å². The molecule has 1 rings (SSSR count). The van der Waals surface area contributed by atoms with Gasteiger partial charge in [-0.1, -0.05) is 62.9 Å². The van der Waals surface area contributed by atoms with Gasteiger partial charge in [-0.05, 0) is 46.0 Å². The summed E-state index contributed by atoms with van der Waals surface area (Å²) in [6.07, 6.45) is 17.4. The van der Waals surface area contributed by atoms with Crippen molar-refractivity contribution >= 4 is 5.71 Å². The zero-order valence-corrected chi connectivity index (χ0v) is 16.0. The molecular formula is C20H40N2O2. The number of aliphatic hydroxyl groups excluding tert-OH is 1. The molecule has 24 heavy (non-hydrogen) atoms. The molecule has 3 unspecified atom stereocenters. The Morgan fingerprint density at radius 2 is 1.46 bits per heavy atom. The Balaban J connectivity index is 1.79. The zero-order chi connectivity index (χ0) is 17.6. The molecule has 3 atom stereocenters. The maximum absolute atomic E-state index is 9.71. The smallest absolute Gasteiger partial charge is 0.0691 e. The quantitative estimate of drug-likeness (QED) is 0.191. The molecule has 4 heteroatoms. The van der Waals surface area contributed by atoms with Gasteiger partial charge < -0.3 is 15.6 Å². The molecule has 0 aliphatic carbocycles. The first-order valence-electron chi connectivity index (χ1n) is 10.2. The molecule has 1 saturated heterocycles. The lowest BCUT2D eigenvalue weighted by molar-refractivity contribution is 0.0849. The summed E-state index contributed by atoms with van der Waals surface area (Å²) < 4.78 is 0. The van der Waals surface area contributed by atoms with Gasteiger partial charge in [-0.2, -0.15) is 0 Å². The van der Waals surface area contributed by atoms with Crippen LogP contribution in [0.25, 0.3) is 0 Å². The van der Waals surface area contributed by atoms with Gasteiger partial charge >= 0.3 is 0 Å². The minimum absolute atomic E-state index is 0.145. The van der Waals surface area contributed by atoms with Crippen molar-refractivity contribution in [1.82, 2.24) is 5.32 Å². The van der Waals surface area contributed by atoms with Crippen LogP contribution in [0.5, 0.6) is 0 Å². The predicted molar refractivity (Wildman–Crippen MR) is 102 cm³/mol. The van der Waals surface area contributed by atoms with Crippen LogP contribution in [0.3, 0.4) is 0 Å². The molecular weight excluding hydrogens is 300 g/mol. The first kappa shape index (κ1) is 21.4. The third-order valence-electron chi connectivity index (χ3n) is 5.40. The molecule has 0 aromatic rings. The van der Waals surface area contributed by atoms with Crippen molar-refractivity contribution in [1.29, 1.82) is 0 Å². The molecule has 0 radical (unpaired) electrons. The number of rotatable bonds is 13. The molecule has 0 aromatic heterocycles. The second-order valence-corrected chi connectivity index (χ2v) is 7.71. The Kier molecular flexibility index (Phi) is 12.2. The number of piperidine rings is 1. The van der Waals surface area contributed by atoms with E-state index in [1.165, 1.54) is 64.2 Å².